The number of hydrogen-bond acceptors (Lipinski definition) is 7. The fourth-order valence-electron chi connectivity index (χ4n) is 2.62. The highest BCUT2D eigenvalue weighted by Crippen LogP contribution is 2.34. The largest absolute Gasteiger partial charge is 0.484 e. The average Bonchev–Trinajstić information content (AvgIpc) is 3.14. The maximum atomic E-state index is 13.5. The van der Waals surface area contributed by atoms with E-state index in [0.29, 0.717) is 5.82 Å². The van der Waals surface area contributed by atoms with Crippen LogP contribution in [0, 0.1) is 15.9 Å². The van der Waals surface area contributed by atoms with Gasteiger partial charge in [-0.3, -0.25) is 10.1 Å². The first-order chi connectivity index (χ1) is 11.0. The number of nitro benzene ring substituents is 1. The van der Waals surface area contributed by atoms with Gasteiger partial charge in [0.05, 0.1) is 10.5 Å². The topological polar surface area (TPSA) is 117 Å². The van der Waals surface area contributed by atoms with Gasteiger partial charge in [-0.1, -0.05) is 18.0 Å². The Labute approximate surface area is 130 Å². The molecule has 0 radical (unpaired) electrons. The Balaban J connectivity index is 1.66. The lowest BCUT2D eigenvalue weighted by molar-refractivity contribution is -0.387. The lowest BCUT2D eigenvalue weighted by Crippen LogP contribution is -2.34. The minimum atomic E-state index is -0.967. The van der Waals surface area contributed by atoms with E-state index < -0.39 is 22.0 Å². The summed E-state index contributed by atoms with van der Waals surface area (Å²) in [6.07, 6.45) is 3.67. The van der Waals surface area contributed by atoms with Gasteiger partial charge in [0.1, 0.15) is 5.75 Å². The minimum Gasteiger partial charge on any atom is -0.484 e. The molecule has 1 aromatic carbocycles. The first-order valence-electron chi connectivity index (χ1n) is 7.17. The minimum absolute atomic E-state index is 0.0691. The summed E-state index contributed by atoms with van der Waals surface area (Å²) in [5.74, 6) is -0.166. The van der Waals surface area contributed by atoms with Gasteiger partial charge < -0.3 is 15.0 Å². The molecule has 0 spiro atoms. The van der Waals surface area contributed by atoms with Crippen molar-refractivity contribution in [2.75, 3.05) is 0 Å². The molecule has 1 aromatic heterocycles. The monoisotopic (exact) mass is 322 g/mol. The quantitative estimate of drug-likeness (QED) is 0.663. The SMILES string of the molecule is NC1(c2noc(COc3ccc([N+](=O)[O-])c(F)c3)n2)CCCC1. The highest BCUT2D eigenvalue weighted by atomic mass is 19.1. The van der Waals surface area contributed by atoms with Crippen molar-refractivity contribution in [3.8, 4) is 5.75 Å². The maximum absolute atomic E-state index is 13.5. The van der Waals surface area contributed by atoms with E-state index in [1.807, 2.05) is 0 Å². The van der Waals surface area contributed by atoms with E-state index in [1.54, 1.807) is 0 Å². The van der Waals surface area contributed by atoms with Crippen LogP contribution in [0.2, 0.25) is 0 Å². The van der Waals surface area contributed by atoms with Crippen LogP contribution >= 0.6 is 0 Å². The summed E-state index contributed by atoms with van der Waals surface area (Å²) >= 11 is 0. The van der Waals surface area contributed by atoms with Gasteiger partial charge in [-0.05, 0) is 18.9 Å². The Morgan fingerprint density at radius 3 is 2.83 bits per heavy atom. The summed E-state index contributed by atoms with van der Waals surface area (Å²) in [6, 6.07) is 3.29. The predicted octanol–water partition coefficient (Wildman–Crippen LogP) is 2.42. The van der Waals surface area contributed by atoms with Crippen molar-refractivity contribution in [2.45, 2.75) is 37.8 Å². The summed E-state index contributed by atoms with van der Waals surface area (Å²) in [4.78, 5) is 14.0. The molecule has 0 amide bonds. The van der Waals surface area contributed by atoms with Crippen LogP contribution in [0.5, 0.6) is 5.75 Å². The highest BCUT2D eigenvalue weighted by Gasteiger charge is 2.36. The number of rotatable bonds is 5. The third-order valence-corrected chi connectivity index (χ3v) is 3.89. The van der Waals surface area contributed by atoms with E-state index >= 15 is 0 Å². The lowest BCUT2D eigenvalue weighted by atomic mass is 9.99. The Kier molecular flexibility index (Phi) is 3.95. The number of nitrogens with zero attached hydrogens (tertiary/aromatic N) is 3. The molecule has 2 N–H and O–H groups in total. The van der Waals surface area contributed by atoms with Crippen LogP contribution in [0.3, 0.4) is 0 Å². The van der Waals surface area contributed by atoms with Gasteiger partial charge >= 0.3 is 5.69 Å². The van der Waals surface area contributed by atoms with Crippen molar-refractivity contribution in [3.05, 3.63) is 45.8 Å². The molecule has 8 nitrogen and oxygen atoms in total. The van der Waals surface area contributed by atoms with Gasteiger partial charge in [0.2, 0.25) is 5.82 Å². The molecule has 2 aromatic rings. The number of nitrogens with two attached hydrogens (primary N) is 1. The van der Waals surface area contributed by atoms with Crippen LogP contribution in [0.25, 0.3) is 0 Å². The van der Waals surface area contributed by atoms with Crippen LogP contribution < -0.4 is 10.5 Å². The fourth-order valence-corrected chi connectivity index (χ4v) is 2.62. The Hall–Kier alpha value is -2.55. The molecule has 0 atom stereocenters. The second kappa shape index (κ2) is 5.92. The number of ether oxygens (including phenoxy) is 1. The zero-order chi connectivity index (χ0) is 16.4. The number of hydrogen-bond donors (Lipinski definition) is 1. The number of aromatic nitrogens is 2. The van der Waals surface area contributed by atoms with Crippen LogP contribution in [0.4, 0.5) is 10.1 Å². The lowest BCUT2D eigenvalue weighted by Gasteiger charge is -2.17. The van der Waals surface area contributed by atoms with Crippen molar-refractivity contribution in [1.82, 2.24) is 10.1 Å². The summed E-state index contributed by atoms with van der Waals surface area (Å²) in [7, 11) is 0. The van der Waals surface area contributed by atoms with Gasteiger partial charge in [-0.15, -0.1) is 0 Å². The first-order valence-corrected chi connectivity index (χ1v) is 7.17. The average molecular weight is 322 g/mol. The van der Waals surface area contributed by atoms with E-state index in [1.165, 1.54) is 6.07 Å². The summed E-state index contributed by atoms with van der Waals surface area (Å²) < 4.78 is 23.9. The summed E-state index contributed by atoms with van der Waals surface area (Å²) in [5, 5.41) is 14.4. The number of halogens is 1. The van der Waals surface area contributed by atoms with Crippen LogP contribution in [-0.4, -0.2) is 15.1 Å². The van der Waals surface area contributed by atoms with E-state index in [2.05, 4.69) is 10.1 Å². The van der Waals surface area contributed by atoms with Crippen LogP contribution in [0.15, 0.2) is 22.7 Å². The fraction of sp³-hybridized carbons (Fsp3) is 0.429. The van der Waals surface area contributed by atoms with Gasteiger partial charge in [-0.25, -0.2) is 0 Å². The third-order valence-electron chi connectivity index (χ3n) is 3.89. The molecule has 23 heavy (non-hydrogen) atoms. The van der Waals surface area contributed by atoms with Crippen molar-refractivity contribution >= 4 is 5.69 Å². The second-order valence-electron chi connectivity index (χ2n) is 5.53. The molecule has 1 aliphatic carbocycles. The second-order valence-corrected chi connectivity index (χ2v) is 5.53. The van der Waals surface area contributed by atoms with Gasteiger partial charge in [0.25, 0.3) is 5.89 Å². The van der Waals surface area contributed by atoms with Gasteiger partial charge in [0.15, 0.2) is 12.4 Å². The molecule has 122 valence electrons. The van der Waals surface area contributed by atoms with E-state index in [9.17, 15) is 14.5 Å². The Bertz CT molecular complexity index is 727. The van der Waals surface area contributed by atoms with Gasteiger partial charge in [0, 0.05) is 12.1 Å². The molecule has 0 aliphatic heterocycles. The van der Waals surface area contributed by atoms with Crippen molar-refractivity contribution in [1.29, 1.82) is 0 Å². The molecule has 1 fully saturated rings. The van der Waals surface area contributed by atoms with Crippen molar-refractivity contribution < 1.29 is 18.6 Å². The van der Waals surface area contributed by atoms with E-state index in [0.717, 1.165) is 37.8 Å². The molecule has 0 unspecified atom stereocenters. The number of benzene rings is 1. The van der Waals surface area contributed by atoms with Crippen LogP contribution in [0.1, 0.15) is 37.4 Å². The van der Waals surface area contributed by atoms with E-state index in [-0.39, 0.29) is 18.2 Å². The molecule has 0 saturated heterocycles. The zero-order valence-corrected chi connectivity index (χ0v) is 12.2. The number of nitro groups is 1. The van der Waals surface area contributed by atoms with E-state index in [4.69, 9.17) is 15.0 Å². The molecule has 1 aliphatic rings. The van der Waals surface area contributed by atoms with Crippen molar-refractivity contribution in [3.63, 3.8) is 0 Å². The predicted molar refractivity (Wildman–Crippen MR) is 76.0 cm³/mol. The standard InChI is InChI=1S/C14H15FN4O4/c15-10-7-9(3-4-11(10)19(20)21)22-8-12-17-13(18-23-12)14(16)5-1-2-6-14/h3-4,7H,1-2,5-6,8,16H2. The smallest absolute Gasteiger partial charge is 0.305 e. The molecular weight excluding hydrogens is 307 g/mol. The van der Waals surface area contributed by atoms with Gasteiger partial charge in [-0.2, -0.15) is 9.37 Å². The summed E-state index contributed by atoms with van der Waals surface area (Å²) in [5.41, 5.74) is 5.06. The third kappa shape index (κ3) is 3.14. The molecular formula is C14H15FN4O4. The van der Waals surface area contributed by atoms with Crippen molar-refractivity contribution in [2.24, 2.45) is 5.73 Å². The zero-order valence-electron chi connectivity index (χ0n) is 12.2. The molecule has 0 bridgehead atoms. The summed E-state index contributed by atoms with van der Waals surface area (Å²) in [6.45, 7) is -0.0691. The molecule has 1 saturated carbocycles. The first kappa shape index (κ1) is 15.3. The maximum Gasteiger partial charge on any atom is 0.305 e. The van der Waals surface area contributed by atoms with Crippen LogP contribution in [-0.2, 0) is 12.1 Å². The molecule has 3 rings (SSSR count). The molecule has 1 heterocycles. The molecule has 9 heteroatoms. The Morgan fingerprint density at radius 1 is 1.43 bits per heavy atom. The normalized spacial score (nSPS) is 16.4. The Morgan fingerprint density at radius 2 is 2.17 bits per heavy atom. The highest BCUT2D eigenvalue weighted by molar-refractivity contribution is 5.37.